The molecule has 0 aromatic heterocycles. The summed E-state index contributed by atoms with van der Waals surface area (Å²) in [7, 11) is -4.13. The number of amides is 2. The molecule has 0 aliphatic carbocycles. The van der Waals surface area contributed by atoms with Crippen LogP contribution in [0.5, 0.6) is 0 Å². The summed E-state index contributed by atoms with van der Waals surface area (Å²) in [6, 6.07) is 15.6. The number of rotatable bonds is 10. The molecule has 2 amide bonds. The number of nitrogens with zero attached hydrogens (tertiary/aromatic N) is 2. The molecule has 1 N–H and O–H groups in total. The second-order valence-corrected chi connectivity index (χ2v) is 12.9. The number of sulfonamides is 1. The first kappa shape index (κ1) is 31.5. The van der Waals surface area contributed by atoms with Crippen molar-refractivity contribution in [3.05, 3.63) is 93.0 Å². The van der Waals surface area contributed by atoms with E-state index in [1.165, 1.54) is 17.0 Å². The van der Waals surface area contributed by atoms with E-state index in [9.17, 15) is 18.0 Å². The Bertz CT molecular complexity index is 1490. The lowest BCUT2D eigenvalue weighted by Crippen LogP contribution is -2.52. The van der Waals surface area contributed by atoms with Crippen LogP contribution in [-0.4, -0.2) is 43.8 Å². The SMILES string of the molecule is Cc1ccc(S(=O)(=O)N(CC(=O)N(Cc2ccc(Cl)c(Cl)c2)C(C)C(=O)NC(C)C)c2ccc(C)c(C)c2)cc1. The summed E-state index contributed by atoms with van der Waals surface area (Å²) in [5.41, 5.74) is 3.77. The van der Waals surface area contributed by atoms with E-state index in [-0.39, 0.29) is 23.4 Å². The molecule has 0 saturated heterocycles. The Morgan fingerprint density at radius 1 is 0.850 bits per heavy atom. The molecule has 0 bridgehead atoms. The quantitative estimate of drug-likeness (QED) is 0.305. The van der Waals surface area contributed by atoms with Gasteiger partial charge in [0.2, 0.25) is 11.8 Å². The number of hydrogen-bond donors (Lipinski definition) is 1. The normalized spacial score (nSPS) is 12.2. The molecule has 3 rings (SSSR count). The second kappa shape index (κ2) is 13.1. The molecular formula is C30H35Cl2N3O4S. The number of anilines is 1. The fourth-order valence-electron chi connectivity index (χ4n) is 4.07. The molecule has 0 heterocycles. The zero-order chi connectivity index (χ0) is 29.8. The Kier molecular flexibility index (Phi) is 10.3. The van der Waals surface area contributed by atoms with E-state index < -0.39 is 28.5 Å². The summed E-state index contributed by atoms with van der Waals surface area (Å²) < 4.78 is 29.0. The molecule has 7 nitrogen and oxygen atoms in total. The van der Waals surface area contributed by atoms with Crippen LogP contribution < -0.4 is 9.62 Å². The van der Waals surface area contributed by atoms with Crippen LogP contribution >= 0.6 is 23.2 Å². The van der Waals surface area contributed by atoms with Crippen LogP contribution in [0.4, 0.5) is 5.69 Å². The maximum atomic E-state index is 14.0. The van der Waals surface area contributed by atoms with Gasteiger partial charge < -0.3 is 10.2 Å². The van der Waals surface area contributed by atoms with Gasteiger partial charge >= 0.3 is 0 Å². The Hall–Kier alpha value is -3.07. The van der Waals surface area contributed by atoms with Crippen molar-refractivity contribution in [3.63, 3.8) is 0 Å². The third kappa shape index (κ3) is 7.56. The van der Waals surface area contributed by atoms with Gasteiger partial charge in [-0.3, -0.25) is 13.9 Å². The number of nitrogens with one attached hydrogen (secondary N) is 1. The van der Waals surface area contributed by atoms with Crippen LogP contribution in [0.1, 0.15) is 43.0 Å². The maximum absolute atomic E-state index is 14.0. The molecule has 40 heavy (non-hydrogen) atoms. The van der Waals surface area contributed by atoms with Crippen molar-refractivity contribution in [2.75, 3.05) is 10.8 Å². The monoisotopic (exact) mass is 603 g/mol. The fraction of sp³-hybridized carbons (Fsp3) is 0.333. The van der Waals surface area contributed by atoms with Gasteiger partial charge in [0.05, 0.1) is 20.6 Å². The molecule has 10 heteroatoms. The van der Waals surface area contributed by atoms with Gasteiger partial charge in [-0.15, -0.1) is 0 Å². The minimum atomic E-state index is -4.13. The average Bonchev–Trinajstić information content (AvgIpc) is 2.88. The topological polar surface area (TPSA) is 86.8 Å². The van der Waals surface area contributed by atoms with Gasteiger partial charge in [0.1, 0.15) is 12.6 Å². The van der Waals surface area contributed by atoms with Crippen molar-refractivity contribution < 1.29 is 18.0 Å². The number of halogens is 2. The number of aryl methyl sites for hydroxylation is 3. The van der Waals surface area contributed by atoms with Crippen LogP contribution in [-0.2, 0) is 26.2 Å². The van der Waals surface area contributed by atoms with Crippen LogP contribution in [0.15, 0.2) is 65.6 Å². The van der Waals surface area contributed by atoms with Crippen LogP contribution in [0.3, 0.4) is 0 Å². The second-order valence-electron chi connectivity index (χ2n) is 10.2. The van der Waals surface area contributed by atoms with Gasteiger partial charge in [-0.2, -0.15) is 0 Å². The Morgan fingerprint density at radius 2 is 1.50 bits per heavy atom. The number of hydrogen-bond acceptors (Lipinski definition) is 4. The van der Waals surface area contributed by atoms with Crippen molar-refractivity contribution in [1.82, 2.24) is 10.2 Å². The Labute approximate surface area is 247 Å². The molecule has 1 atom stereocenters. The molecule has 0 fully saturated rings. The summed E-state index contributed by atoms with van der Waals surface area (Å²) in [6.45, 7) is 10.4. The number of carbonyl (C=O) groups is 2. The molecule has 0 spiro atoms. The van der Waals surface area contributed by atoms with E-state index in [1.807, 2.05) is 40.7 Å². The maximum Gasteiger partial charge on any atom is 0.264 e. The molecule has 214 valence electrons. The molecule has 0 radical (unpaired) electrons. The van der Waals surface area contributed by atoms with Crippen molar-refractivity contribution >= 4 is 50.7 Å². The zero-order valence-corrected chi connectivity index (χ0v) is 25.9. The van der Waals surface area contributed by atoms with E-state index in [0.717, 1.165) is 21.0 Å². The van der Waals surface area contributed by atoms with E-state index in [4.69, 9.17) is 23.2 Å². The molecule has 3 aromatic carbocycles. The molecule has 0 saturated carbocycles. The van der Waals surface area contributed by atoms with Crippen molar-refractivity contribution in [2.24, 2.45) is 0 Å². The highest BCUT2D eigenvalue weighted by atomic mass is 35.5. The first-order valence-corrected chi connectivity index (χ1v) is 15.1. The predicted octanol–water partition coefficient (Wildman–Crippen LogP) is 6.06. The van der Waals surface area contributed by atoms with Crippen LogP contribution in [0.2, 0.25) is 10.0 Å². The van der Waals surface area contributed by atoms with Gasteiger partial charge in [0, 0.05) is 12.6 Å². The van der Waals surface area contributed by atoms with Crippen molar-refractivity contribution in [2.45, 2.75) is 65.1 Å². The van der Waals surface area contributed by atoms with E-state index in [0.29, 0.717) is 21.3 Å². The summed E-state index contributed by atoms with van der Waals surface area (Å²) in [5, 5.41) is 3.50. The molecule has 3 aromatic rings. The number of carbonyl (C=O) groups excluding carboxylic acids is 2. The minimum absolute atomic E-state index is 0.0216. The van der Waals surface area contributed by atoms with Gasteiger partial charge in [-0.05, 0) is 94.6 Å². The fourth-order valence-corrected chi connectivity index (χ4v) is 5.80. The summed E-state index contributed by atoms with van der Waals surface area (Å²) in [5.74, 6) is -0.908. The Balaban J connectivity index is 2.07. The standard InChI is InChI=1S/C30H35Cl2N3O4S/c1-19(2)33-30(37)23(6)34(17-24-10-14-27(31)28(32)16-24)29(36)18-35(25-11-9-21(4)22(5)15-25)40(38,39)26-12-7-20(3)8-13-26/h7-16,19,23H,17-18H2,1-6H3,(H,33,37). The van der Waals surface area contributed by atoms with E-state index >= 15 is 0 Å². The highest BCUT2D eigenvalue weighted by molar-refractivity contribution is 7.92. The molecule has 1 unspecified atom stereocenters. The molecule has 0 aliphatic rings. The van der Waals surface area contributed by atoms with Gasteiger partial charge in [-0.1, -0.05) is 53.0 Å². The summed E-state index contributed by atoms with van der Waals surface area (Å²) in [6.07, 6.45) is 0. The van der Waals surface area contributed by atoms with E-state index in [1.54, 1.807) is 49.4 Å². The zero-order valence-electron chi connectivity index (χ0n) is 23.5. The number of benzene rings is 3. The lowest BCUT2D eigenvalue weighted by atomic mass is 10.1. The lowest BCUT2D eigenvalue weighted by Gasteiger charge is -2.32. The van der Waals surface area contributed by atoms with Crippen molar-refractivity contribution in [1.29, 1.82) is 0 Å². The molecule has 0 aliphatic heterocycles. The van der Waals surface area contributed by atoms with E-state index in [2.05, 4.69) is 5.32 Å². The van der Waals surface area contributed by atoms with Gasteiger partial charge in [0.25, 0.3) is 10.0 Å². The highest BCUT2D eigenvalue weighted by Crippen LogP contribution is 2.28. The third-order valence-corrected chi connectivity index (χ3v) is 9.13. The Morgan fingerprint density at radius 3 is 2.08 bits per heavy atom. The average molecular weight is 605 g/mol. The predicted molar refractivity (Wildman–Crippen MR) is 161 cm³/mol. The summed E-state index contributed by atoms with van der Waals surface area (Å²) >= 11 is 12.3. The largest absolute Gasteiger partial charge is 0.352 e. The first-order chi connectivity index (χ1) is 18.7. The first-order valence-electron chi connectivity index (χ1n) is 12.9. The lowest BCUT2D eigenvalue weighted by molar-refractivity contribution is -0.139. The highest BCUT2D eigenvalue weighted by Gasteiger charge is 2.33. The van der Waals surface area contributed by atoms with Crippen LogP contribution in [0, 0.1) is 20.8 Å². The van der Waals surface area contributed by atoms with Gasteiger partial charge in [-0.25, -0.2) is 8.42 Å². The van der Waals surface area contributed by atoms with Crippen molar-refractivity contribution in [3.8, 4) is 0 Å². The summed E-state index contributed by atoms with van der Waals surface area (Å²) in [4.78, 5) is 28.4. The third-order valence-electron chi connectivity index (χ3n) is 6.60. The van der Waals surface area contributed by atoms with Gasteiger partial charge in [0.15, 0.2) is 0 Å². The smallest absolute Gasteiger partial charge is 0.264 e. The molecular weight excluding hydrogens is 569 g/mol. The minimum Gasteiger partial charge on any atom is -0.352 e. The van der Waals surface area contributed by atoms with Crippen LogP contribution in [0.25, 0.3) is 0 Å².